The monoisotopic (exact) mass is 220 g/mol. The highest BCUT2D eigenvalue weighted by atomic mass is 32.2. The van der Waals surface area contributed by atoms with Crippen LogP contribution >= 0.6 is 0 Å². The Morgan fingerprint density at radius 1 is 1.57 bits per heavy atom. The first-order chi connectivity index (χ1) is 6.15. The molecule has 0 aromatic rings. The fraction of sp³-hybridized carbons (Fsp3) is 0.889. The van der Waals surface area contributed by atoms with Gasteiger partial charge in [0.15, 0.2) is 0 Å². The van der Waals surface area contributed by atoms with Crippen molar-refractivity contribution in [3.8, 4) is 0 Å². The molecule has 14 heavy (non-hydrogen) atoms. The second-order valence-corrected chi connectivity index (χ2v) is 6.03. The normalized spacial score (nSPS) is 16.2. The zero-order valence-electron chi connectivity index (χ0n) is 9.53. The smallest absolute Gasteiger partial charge is 0.280 e. The SMILES string of the molecule is CN(C(=O)C(N)CC(C)(C)C)[S+](C)[O-]. The fourth-order valence-corrected chi connectivity index (χ4v) is 1.50. The number of hydrogen-bond acceptors (Lipinski definition) is 3. The molecule has 0 saturated heterocycles. The summed E-state index contributed by atoms with van der Waals surface area (Å²) in [6.45, 7) is 6.05. The quantitative estimate of drug-likeness (QED) is 0.704. The van der Waals surface area contributed by atoms with Gasteiger partial charge in [0.05, 0.1) is 24.5 Å². The fourth-order valence-electron chi connectivity index (χ4n) is 1.11. The Morgan fingerprint density at radius 2 is 2.00 bits per heavy atom. The molecule has 2 atom stereocenters. The van der Waals surface area contributed by atoms with E-state index in [2.05, 4.69) is 0 Å². The number of carbonyl (C=O) groups excluding carboxylic acids is 1. The number of likely N-dealkylation sites (N-methyl/N-ethyl adjacent to an activating group) is 1. The summed E-state index contributed by atoms with van der Waals surface area (Å²) in [6, 6.07) is -0.566. The van der Waals surface area contributed by atoms with Crippen LogP contribution in [0.15, 0.2) is 0 Å². The van der Waals surface area contributed by atoms with Crippen LogP contribution in [0.2, 0.25) is 0 Å². The lowest BCUT2D eigenvalue weighted by Gasteiger charge is -2.25. The zero-order valence-corrected chi connectivity index (χ0v) is 10.4. The van der Waals surface area contributed by atoms with Crippen LogP contribution in [0.3, 0.4) is 0 Å². The zero-order chi connectivity index (χ0) is 11.5. The lowest BCUT2D eigenvalue weighted by Crippen LogP contribution is -2.45. The van der Waals surface area contributed by atoms with Crippen molar-refractivity contribution in [3.05, 3.63) is 0 Å². The van der Waals surface area contributed by atoms with Crippen LogP contribution in [0.5, 0.6) is 0 Å². The van der Waals surface area contributed by atoms with E-state index in [1.165, 1.54) is 17.6 Å². The van der Waals surface area contributed by atoms with Gasteiger partial charge in [-0.2, -0.15) is 4.31 Å². The minimum absolute atomic E-state index is 0.00511. The van der Waals surface area contributed by atoms with Crippen molar-refractivity contribution in [2.75, 3.05) is 13.3 Å². The van der Waals surface area contributed by atoms with E-state index < -0.39 is 17.4 Å². The van der Waals surface area contributed by atoms with Crippen molar-refractivity contribution >= 4 is 17.3 Å². The van der Waals surface area contributed by atoms with E-state index in [9.17, 15) is 9.35 Å². The third-order valence-corrected chi connectivity index (χ3v) is 2.80. The van der Waals surface area contributed by atoms with Crippen molar-refractivity contribution < 1.29 is 9.35 Å². The standard InChI is InChI=1S/C9H20N2O2S/c1-9(2,3)6-7(10)8(12)11(4)14(5)13/h7H,6,10H2,1-5H3. The summed E-state index contributed by atoms with van der Waals surface area (Å²) in [7, 11) is 1.50. The summed E-state index contributed by atoms with van der Waals surface area (Å²) in [5.41, 5.74) is 5.72. The first kappa shape index (κ1) is 13.7. The van der Waals surface area contributed by atoms with Crippen LogP contribution in [-0.2, 0) is 16.2 Å². The molecule has 84 valence electrons. The highest BCUT2D eigenvalue weighted by molar-refractivity contribution is 7.88. The highest BCUT2D eigenvalue weighted by Crippen LogP contribution is 2.20. The molecule has 0 aliphatic carbocycles. The van der Waals surface area contributed by atoms with Gasteiger partial charge in [0, 0.05) is 0 Å². The molecule has 0 fully saturated rings. The Labute approximate surface area is 89.1 Å². The predicted octanol–water partition coefficient (Wildman–Crippen LogP) is 0.502. The molecule has 0 saturated carbocycles. The molecule has 0 aliphatic heterocycles. The minimum atomic E-state index is -1.29. The highest BCUT2D eigenvalue weighted by Gasteiger charge is 2.27. The minimum Gasteiger partial charge on any atom is -0.593 e. The summed E-state index contributed by atoms with van der Waals surface area (Å²) in [5, 5.41) is 0. The van der Waals surface area contributed by atoms with Gasteiger partial charge in [0.1, 0.15) is 6.26 Å². The summed E-state index contributed by atoms with van der Waals surface area (Å²) < 4.78 is 12.2. The Balaban J connectivity index is 4.26. The second kappa shape index (κ2) is 5.00. The van der Waals surface area contributed by atoms with Gasteiger partial charge in [0.2, 0.25) is 0 Å². The van der Waals surface area contributed by atoms with E-state index >= 15 is 0 Å². The molecular formula is C9H20N2O2S. The average Bonchev–Trinajstić information content (AvgIpc) is 1.98. The molecular weight excluding hydrogens is 200 g/mol. The Kier molecular flexibility index (Phi) is 4.91. The van der Waals surface area contributed by atoms with Gasteiger partial charge < -0.3 is 10.3 Å². The summed E-state index contributed by atoms with van der Waals surface area (Å²) in [4.78, 5) is 11.6. The van der Waals surface area contributed by atoms with Crippen molar-refractivity contribution in [1.29, 1.82) is 0 Å². The summed E-state index contributed by atoms with van der Waals surface area (Å²) in [5.74, 6) is -0.263. The van der Waals surface area contributed by atoms with Crippen LogP contribution in [0.4, 0.5) is 0 Å². The molecule has 0 radical (unpaired) electrons. The topological polar surface area (TPSA) is 69.4 Å². The van der Waals surface area contributed by atoms with Gasteiger partial charge >= 0.3 is 0 Å². The molecule has 0 bridgehead atoms. The molecule has 0 spiro atoms. The molecule has 1 amide bonds. The maximum absolute atomic E-state index is 11.6. The predicted molar refractivity (Wildman–Crippen MR) is 58.9 cm³/mol. The Hall–Kier alpha value is -0.260. The maximum atomic E-state index is 11.6. The number of nitrogens with zero attached hydrogens (tertiary/aromatic N) is 1. The first-order valence-corrected chi connectivity index (χ1v) is 6.03. The molecule has 5 heteroatoms. The Bertz CT molecular complexity index is 201. The van der Waals surface area contributed by atoms with Gasteiger partial charge in [-0.1, -0.05) is 20.8 Å². The van der Waals surface area contributed by atoms with E-state index in [1.54, 1.807) is 0 Å². The van der Waals surface area contributed by atoms with Crippen molar-refractivity contribution in [2.45, 2.75) is 33.2 Å². The third kappa shape index (κ3) is 4.83. The summed E-state index contributed by atoms with van der Waals surface area (Å²) >= 11 is -1.29. The van der Waals surface area contributed by atoms with Gasteiger partial charge in [-0.05, 0) is 11.8 Å². The van der Waals surface area contributed by atoms with Crippen LogP contribution in [0.25, 0.3) is 0 Å². The largest absolute Gasteiger partial charge is 0.593 e. The number of carbonyl (C=O) groups is 1. The van der Waals surface area contributed by atoms with E-state index in [1.807, 2.05) is 20.8 Å². The van der Waals surface area contributed by atoms with Crippen LogP contribution < -0.4 is 5.73 Å². The maximum Gasteiger partial charge on any atom is 0.280 e. The van der Waals surface area contributed by atoms with Crippen molar-refractivity contribution in [3.63, 3.8) is 0 Å². The number of nitrogens with two attached hydrogens (primary N) is 1. The first-order valence-electron chi connectivity index (χ1n) is 4.52. The number of hydrogen-bond donors (Lipinski definition) is 1. The molecule has 0 aromatic carbocycles. The van der Waals surface area contributed by atoms with E-state index in [0.717, 1.165) is 0 Å². The van der Waals surface area contributed by atoms with Gasteiger partial charge in [0.25, 0.3) is 5.91 Å². The lowest BCUT2D eigenvalue weighted by atomic mass is 9.88. The average molecular weight is 220 g/mol. The molecule has 0 rings (SSSR count). The number of rotatable bonds is 3. The van der Waals surface area contributed by atoms with Crippen LogP contribution in [0.1, 0.15) is 27.2 Å². The van der Waals surface area contributed by atoms with Crippen LogP contribution in [0, 0.1) is 5.41 Å². The van der Waals surface area contributed by atoms with Crippen molar-refractivity contribution in [1.82, 2.24) is 4.31 Å². The second-order valence-electron chi connectivity index (χ2n) is 4.63. The van der Waals surface area contributed by atoms with E-state index in [0.29, 0.717) is 6.42 Å². The molecule has 0 aromatic heterocycles. The van der Waals surface area contributed by atoms with E-state index in [4.69, 9.17) is 5.73 Å². The molecule has 4 nitrogen and oxygen atoms in total. The number of amides is 1. The lowest BCUT2D eigenvalue weighted by molar-refractivity contribution is -0.127. The van der Waals surface area contributed by atoms with E-state index in [-0.39, 0.29) is 11.3 Å². The molecule has 2 N–H and O–H groups in total. The van der Waals surface area contributed by atoms with Crippen molar-refractivity contribution in [2.24, 2.45) is 11.1 Å². The molecule has 0 heterocycles. The van der Waals surface area contributed by atoms with Gasteiger partial charge in [-0.15, -0.1) is 0 Å². The molecule has 2 unspecified atom stereocenters. The summed E-state index contributed by atoms with van der Waals surface area (Å²) in [6.07, 6.45) is 2.05. The third-order valence-electron chi connectivity index (χ3n) is 1.85. The Morgan fingerprint density at radius 3 is 2.29 bits per heavy atom. The van der Waals surface area contributed by atoms with Crippen LogP contribution in [-0.4, -0.2) is 34.1 Å². The molecule has 0 aliphatic rings. The van der Waals surface area contributed by atoms with Gasteiger partial charge in [-0.3, -0.25) is 4.79 Å². The van der Waals surface area contributed by atoms with Gasteiger partial charge in [-0.25, -0.2) is 0 Å².